The highest BCUT2D eigenvalue weighted by Gasteiger charge is 2.33. The largest absolute Gasteiger partial charge is 0.465 e. The molecule has 738 valence electrons. The average Bonchev–Trinajstić information content (AvgIpc) is 0.873. The zero-order valence-electron chi connectivity index (χ0n) is 88.2. The molecule has 25 heteroatoms. The second kappa shape index (κ2) is 69.1. The minimum absolute atomic E-state index is 0.0344. The van der Waals surface area contributed by atoms with Gasteiger partial charge in [-0.3, -0.25) is 43.3 Å². The SMILES string of the molecule is CCC(C)(C)C(=O)OCCCC(C)(C)C.CCC(C)(C)C(=O)OCCCN(C)C.CCC(C)(C)C(=O)OCCN(C(C)C)C(C)C.CCC(C)(C)C(=O)OCCN(C)C.CCC(C)(C)C(=O)OCCN(C)c1ccccc1.CCC(C)(C)C(=O)OCCOC(=O)c1ccc(N(C)C)cc1.CCC(C)C(=O)OCCN(C)C.CCN(CC)CCOC(=O)C(C)(C)CC. The van der Waals surface area contributed by atoms with Crippen molar-refractivity contribution in [2.75, 3.05) is 185 Å². The Hall–Kier alpha value is -6.93. The van der Waals surface area contributed by atoms with Crippen molar-refractivity contribution in [1.82, 2.24) is 24.5 Å². The number of rotatable bonds is 48. The minimum Gasteiger partial charge on any atom is -0.465 e. The number of nitrogens with zero attached hydrogens (tertiary/aromatic N) is 7. The molecule has 2 rings (SSSR count). The van der Waals surface area contributed by atoms with Crippen LogP contribution in [0.25, 0.3) is 0 Å². The summed E-state index contributed by atoms with van der Waals surface area (Å²) < 4.78 is 46.7. The first kappa shape index (κ1) is 130. The van der Waals surface area contributed by atoms with Crippen LogP contribution in [0.5, 0.6) is 0 Å². The lowest BCUT2D eigenvalue weighted by Gasteiger charge is -2.30. The molecule has 0 saturated heterocycles. The van der Waals surface area contributed by atoms with Crippen LogP contribution < -0.4 is 9.80 Å². The lowest BCUT2D eigenvalue weighted by atomic mass is 9.90. The third-order valence-electron chi connectivity index (χ3n) is 22.4. The fraction of sp³-hybridized carbons (Fsp3) is 0.792. The van der Waals surface area contributed by atoms with Gasteiger partial charge in [0.1, 0.15) is 46.2 Å². The van der Waals surface area contributed by atoms with Crippen molar-refractivity contribution >= 4 is 65.1 Å². The topological polar surface area (TPSA) is 259 Å². The Kier molecular flexibility index (Phi) is 71.2. The maximum Gasteiger partial charge on any atom is 0.338 e. The van der Waals surface area contributed by atoms with Gasteiger partial charge in [0.2, 0.25) is 0 Å². The molecule has 2 aromatic rings. The Morgan fingerprint density at radius 3 is 0.905 bits per heavy atom. The first-order valence-corrected chi connectivity index (χ1v) is 46.5. The predicted octanol–water partition coefficient (Wildman–Crippen LogP) is 19.8. The van der Waals surface area contributed by atoms with E-state index in [9.17, 15) is 43.2 Å². The van der Waals surface area contributed by atoms with E-state index in [1.165, 1.54) is 0 Å². The van der Waals surface area contributed by atoms with Gasteiger partial charge in [-0.15, -0.1) is 0 Å². The maximum absolute atomic E-state index is 11.8. The number of carbonyl (C=O) groups is 9. The molecule has 0 amide bonds. The van der Waals surface area contributed by atoms with E-state index in [4.69, 9.17) is 42.6 Å². The van der Waals surface area contributed by atoms with E-state index >= 15 is 0 Å². The molecule has 0 bridgehead atoms. The highest BCUT2D eigenvalue weighted by atomic mass is 16.6. The Morgan fingerprint density at radius 1 is 0.310 bits per heavy atom. The maximum atomic E-state index is 11.8. The van der Waals surface area contributed by atoms with E-state index in [0.29, 0.717) is 82.3 Å². The number of benzene rings is 2. The monoisotopic (exact) mass is 1790 g/mol. The second-order valence-electron chi connectivity index (χ2n) is 39.3. The third kappa shape index (κ3) is 64.8. The van der Waals surface area contributed by atoms with Crippen molar-refractivity contribution in [3.05, 3.63) is 60.2 Å². The molecule has 2 aromatic carbocycles. The Morgan fingerprint density at radius 2 is 0.603 bits per heavy atom. The van der Waals surface area contributed by atoms with Gasteiger partial charge in [-0.2, -0.15) is 0 Å². The first-order valence-electron chi connectivity index (χ1n) is 46.5. The molecule has 0 fully saturated rings. The molecule has 0 aliphatic heterocycles. The molecular formula is C101H191N7O18. The van der Waals surface area contributed by atoms with Crippen LogP contribution in [0.15, 0.2) is 54.6 Å². The predicted molar refractivity (Wildman–Crippen MR) is 520 cm³/mol. The van der Waals surface area contributed by atoms with Crippen LogP contribution >= 0.6 is 0 Å². The van der Waals surface area contributed by atoms with Gasteiger partial charge in [-0.05, 0) is 292 Å². The van der Waals surface area contributed by atoms with Crippen LogP contribution in [0.4, 0.5) is 11.4 Å². The molecule has 0 spiro atoms. The van der Waals surface area contributed by atoms with Gasteiger partial charge in [-0.1, -0.05) is 115 Å². The molecule has 0 saturated carbocycles. The van der Waals surface area contributed by atoms with Crippen LogP contribution in [0.1, 0.15) is 303 Å². The van der Waals surface area contributed by atoms with Crippen LogP contribution in [-0.4, -0.2) is 266 Å². The molecule has 0 aliphatic carbocycles. The summed E-state index contributed by atoms with van der Waals surface area (Å²) in [5, 5.41) is 0. The number of ether oxygens (including phenoxy) is 9. The van der Waals surface area contributed by atoms with Crippen molar-refractivity contribution < 1.29 is 85.8 Å². The summed E-state index contributed by atoms with van der Waals surface area (Å²) in [4.78, 5) is 119. The Bertz CT molecular complexity index is 3180. The van der Waals surface area contributed by atoms with Crippen LogP contribution in [0.3, 0.4) is 0 Å². The van der Waals surface area contributed by atoms with Crippen LogP contribution in [0.2, 0.25) is 0 Å². The van der Waals surface area contributed by atoms with Gasteiger partial charge in [-0.25, -0.2) is 4.79 Å². The Balaban J connectivity index is -0.000000329. The van der Waals surface area contributed by atoms with Gasteiger partial charge in [0.05, 0.1) is 69.1 Å². The summed E-state index contributed by atoms with van der Waals surface area (Å²) in [5.74, 6) is -1.30. The highest BCUT2D eigenvalue weighted by Crippen LogP contribution is 2.28. The summed E-state index contributed by atoms with van der Waals surface area (Å²) in [6, 6.07) is 18.1. The molecule has 1 unspecified atom stereocenters. The van der Waals surface area contributed by atoms with Gasteiger partial charge < -0.3 is 72.0 Å². The van der Waals surface area contributed by atoms with E-state index in [0.717, 1.165) is 121 Å². The molecule has 1 atom stereocenters. The number of para-hydroxylation sites is 1. The standard InChI is InChI=1S/C17H25NO4.C15H23NO2.C14H29NO2.C13H26O2.C12H25NO2.C11H23NO2.C10H21NO2.C9H19NO2/c1-6-17(2,3)16(20)22-12-11-21-15(19)13-7-9-14(10-8-13)18(4)5;1-5-15(2,3)14(17)18-12-11-16(4)13-9-7-6-8-10-13;1-8-14(6,7)13(16)17-10-9-15(11(2)3)12(4)5;1-7-13(5,6)11(14)15-10-8-9-12(2,3)4;1-6-12(4,5)11(14)15-10-9-13(7-2)8-3;1-6-11(2,3)10(13)14-9-7-8-12(4)5;1-6-10(2,3)9(12)13-8-7-11(4)5;1-5-8(2)9(11)12-7-6-10(3)4/h7-10H,6,11-12H2,1-5H3;6-10H,5,11-12H2,1-4H3;11-12H,8-10H2,1-7H3;7-10H2,1-6H3;6-10H2,1-5H3;6-9H2,1-5H3;6-8H2,1-5H3;8H,5-7H2,1-4H3. The van der Waals surface area contributed by atoms with Crippen molar-refractivity contribution in [2.24, 2.45) is 49.2 Å². The summed E-state index contributed by atoms with van der Waals surface area (Å²) in [7, 11) is 17.7. The van der Waals surface area contributed by atoms with E-state index in [2.05, 4.69) is 81.9 Å². The molecule has 0 heterocycles. The molecule has 0 N–H and O–H groups in total. The van der Waals surface area contributed by atoms with Gasteiger partial charge in [0.25, 0.3) is 0 Å². The summed E-state index contributed by atoms with van der Waals surface area (Å²) >= 11 is 0. The van der Waals surface area contributed by atoms with Crippen molar-refractivity contribution in [3.8, 4) is 0 Å². The summed E-state index contributed by atoms with van der Waals surface area (Å²) in [6.07, 6.45) is 9.37. The average molecular weight is 1790 g/mol. The highest BCUT2D eigenvalue weighted by molar-refractivity contribution is 5.90. The number of likely N-dealkylation sites (N-methyl/N-ethyl adjacent to an activating group) is 4. The second-order valence-corrected chi connectivity index (χ2v) is 39.3. The molecule has 0 aromatic heterocycles. The van der Waals surface area contributed by atoms with E-state index in [-0.39, 0.29) is 99.4 Å². The normalized spacial score (nSPS) is 11.9. The van der Waals surface area contributed by atoms with Gasteiger partial charge in [0.15, 0.2) is 0 Å². The molecular weight excluding hydrogens is 1600 g/mol. The number of esters is 9. The summed E-state index contributed by atoms with van der Waals surface area (Å²) in [6.45, 7) is 74.5. The fourth-order valence-electron chi connectivity index (χ4n) is 9.15. The summed E-state index contributed by atoms with van der Waals surface area (Å²) in [5.41, 5.74) is 0.335. The minimum atomic E-state index is -0.508. The zero-order chi connectivity index (χ0) is 99.2. The quantitative estimate of drug-likeness (QED) is 0.0339. The zero-order valence-corrected chi connectivity index (χ0v) is 88.2. The van der Waals surface area contributed by atoms with Crippen molar-refractivity contribution in [1.29, 1.82) is 0 Å². The fourth-order valence-corrected chi connectivity index (χ4v) is 9.15. The molecule has 126 heavy (non-hydrogen) atoms. The lowest BCUT2D eigenvalue weighted by molar-refractivity contribution is -0.155. The number of carbonyl (C=O) groups excluding carboxylic acids is 9. The molecule has 0 aliphatic rings. The van der Waals surface area contributed by atoms with E-state index in [1.807, 2.05) is 280 Å². The van der Waals surface area contributed by atoms with Crippen molar-refractivity contribution in [2.45, 2.75) is 304 Å². The molecule has 0 radical (unpaired) electrons. The lowest BCUT2D eigenvalue weighted by Crippen LogP contribution is -2.40. The van der Waals surface area contributed by atoms with E-state index in [1.54, 1.807) is 12.1 Å². The van der Waals surface area contributed by atoms with Crippen LogP contribution in [0, 0.1) is 49.2 Å². The van der Waals surface area contributed by atoms with Gasteiger partial charge >= 0.3 is 53.7 Å². The third-order valence-corrected chi connectivity index (χ3v) is 22.4. The number of hydrogen-bond donors (Lipinski definition) is 0. The van der Waals surface area contributed by atoms with E-state index < -0.39 is 11.4 Å². The number of hydrogen-bond acceptors (Lipinski definition) is 25. The van der Waals surface area contributed by atoms with Crippen LogP contribution in [-0.2, 0) is 81.0 Å². The Labute approximate surface area is 770 Å². The van der Waals surface area contributed by atoms with Gasteiger partial charge in [0, 0.05) is 77.3 Å². The number of anilines is 2. The molecule has 25 nitrogen and oxygen atoms in total. The van der Waals surface area contributed by atoms with Crippen molar-refractivity contribution in [3.63, 3.8) is 0 Å². The first-order chi connectivity index (χ1) is 58.0. The smallest absolute Gasteiger partial charge is 0.338 e.